The van der Waals surface area contributed by atoms with Crippen molar-refractivity contribution in [3.8, 4) is 18.1 Å². The van der Waals surface area contributed by atoms with Gasteiger partial charge in [-0.25, -0.2) is 4.99 Å². The molecular weight excluding hydrogens is 328 g/mol. The van der Waals surface area contributed by atoms with Crippen molar-refractivity contribution in [2.75, 3.05) is 25.5 Å². The highest BCUT2D eigenvalue weighted by molar-refractivity contribution is 5.94. The number of terminal acetylenes is 1. The van der Waals surface area contributed by atoms with Crippen LogP contribution in [0.1, 0.15) is 11.1 Å². The number of hydrogen-bond donors (Lipinski definition) is 3. The lowest BCUT2D eigenvalue weighted by atomic mass is 10.1. The summed E-state index contributed by atoms with van der Waals surface area (Å²) < 4.78 is 5.12. The molecule has 0 aliphatic carbocycles. The van der Waals surface area contributed by atoms with Crippen molar-refractivity contribution in [1.29, 1.82) is 0 Å². The Balaban J connectivity index is 1.74. The molecule has 0 aliphatic heterocycles. The minimum Gasteiger partial charge on any atom is -0.497 e. The second-order valence-corrected chi connectivity index (χ2v) is 5.50. The maximum atomic E-state index is 11.9. The predicted molar refractivity (Wildman–Crippen MR) is 104 cm³/mol. The van der Waals surface area contributed by atoms with Crippen molar-refractivity contribution in [2.45, 2.75) is 6.42 Å². The van der Waals surface area contributed by atoms with E-state index in [1.54, 1.807) is 31.4 Å². The van der Waals surface area contributed by atoms with Crippen LogP contribution in [0, 0.1) is 12.3 Å². The van der Waals surface area contributed by atoms with E-state index in [4.69, 9.17) is 16.9 Å². The summed E-state index contributed by atoms with van der Waals surface area (Å²) in [6.07, 6.45) is 6.12. The molecule has 0 aliphatic rings. The smallest absolute Gasteiger partial charge is 0.246 e. The zero-order valence-electron chi connectivity index (χ0n) is 14.7. The summed E-state index contributed by atoms with van der Waals surface area (Å²) in [5.74, 6) is 3.30. The zero-order chi connectivity index (χ0) is 18.8. The Hall–Kier alpha value is -3.46. The van der Waals surface area contributed by atoms with Crippen molar-refractivity contribution in [3.05, 3.63) is 59.7 Å². The Morgan fingerprint density at radius 1 is 1.27 bits per heavy atom. The maximum absolute atomic E-state index is 11.9. The fourth-order valence-electron chi connectivity index (χ4n) is 2.23. The number of ether oxygens (including phenoxy) is 1. The van der Waals surface area contributed by atoms with Crippen molar-refractivity contribution in [3.63, 3.8) is 0 Å². The molecule has 26 heavy (non-hydrogen) atoms. The Kier molecular flexibility index (Phi) is 7.07. The molecule has 2 rings (SSSR count). The quantitative estimate of drug-likeness (QED) is 0.403. The number of guanidine groups is 1. The number of anilines is 1. The van der Waals surface area contributed by atoms with E-state index in [0.717, 1.165) is 17.7 Å². The second-order valence-electron chi connectivity index (χ2n) is 5.50. The number of rotatable bonds is 7. The van der Waals surface area contributed by atoms with Gasteiger partial charge in [0.05, 0.1) is 7.11 Å². The van der Waals surface area contributed by atoms with Gasteiger partial charge in [-0.2, -0.15) is 0 Å². The van der Waals surface area contributed by atoms with Gasteiger partial charge >= 0.3 is 0 Å². The third-order valence-electron chi connectivity index (χ3n) is 3.58. The van der Waals surface area contributed by atoms with Crippen LogP contribution in [-0.4, -0.2) is 32.1 Å². The van der Waals surface area contributed by atoms with Crippen LogP contribution in [0.4, 0.5) is 5.69 Å². The Morgan fingerprint density at radius 3 is 2.73 bits per heavy atom. The van der Waals surface area contributed by atoms with Crippen LogP contribution in [0.3, 0.4) is 0 Å². The Bertz CT molecular complexity index is 807. The van der Waals surface area contributed by atoms with Gasteiger partial charge in [-0.1, -0.05) is 24.1 Å². The topological polar surface area (TPSA) is 88.7 Å². The van der Waals surface area contributed by atoms with Crippen molar-refractivity contribution in [1.82, 2.24) is 5.32 Å². The number of methoxy groups -OCH3 is 1. The van der Waals surface area contributed by atoms with Crippen LogP contribution >= 0.6 is 0 Å². The highest BCUT2D eigenvalue weighted by atomic mass is 16.5. The fourth-order valence-corrected chi connectivity index (χ4v) is 2.23. The van der Waals surface area contributed by atoms with Crippen molar-refractivity contribution < 1.29 is 9.53 Å². The number of nitrogens with two attached hydrogens (primary N) is 1. The number of aliphatic imine (C=N–C) groups is 1. The van der Waals surface area contributed by atoms with Crippen LogP contribution in [0.25, 0.3) is 0 Å². The third kappa shape index (κ3) is 6.21. The monoisotopic (exact) mass is 350 g/mol. The predicted octanol–water partition coefficient (Wildman–Crippen LogP) is 1.76. The van der Waals surface area contributed by atoms with Crippen LogP contribution in [-0.2, 0) is 11.2 Å². The third-order valence-corrected chi connectivity index (χ3v) is 3.58. The molecule has 4 N–H and O–H groups in total. The van der Waals surface area contributed by atoms with Crippen molar-refractivity contribution in [2.24, 2.45) is 10.7 Å². The molecule has 0 saturated heterocycles. The van der Waals surface area contributed by atoms with Gasteiger partial charge in [0.25, 0.3) is 0 Å². The molecular formula is C20H22N4O2. The minimum absolute atomic E-state index is 0.0678. The average Bonchev–Trinajstić information content (AvgIpc) is 2.67. The molecule has 0 atom stereocenters. The van der Waals surface area contributed by atoms with E-state index in [-0.39, 0.29) is 18.4 Å². The van der Waals surface area contributed by atoms with Gasteiger partial charge in [0.1, 0.15) is 12.3 Å². The lowest BCUT2D eigenvalue weighted by Gasteiger charge is -2.07. The summed E-state index contributed by atoms with van der Waals surface area (Å²) >= 11 is 0. The van der Waals surface area contributed by atoms with E-state index in [2.05, 4.69) is 21.5 Å². The molecule has 6 nitrogen and oxygen atoms in total. The number of hydrogen-bond acceptors (Lipinski definition) is 3. The molecule has 0 fully saturated rings. The SMILES string of the molecule is C#Cc1cccc(NC(=O)CN=C(N)NCCc2ccc(OC)cc2)c1. The van der Waals surface area contributed by atoms with Crippen molar-refractivity contribution >= 4 is 17.6 Å². The molecule has 0 unspecified atom stereocenters. The van der Waals surface area contributed by atoms with Gasteiger partial charge in [0.2, 0.25) is 5.91 Å². The first-order chi connectivity index (χ1) is 12.6. The first-order valence-electron chi connectivity index (χ1n) is 8.14. The first kappa shape index (κ1) is 18.9. The van der Waals surface area contributed by atoms with E-state index < -0.39 is 0 Å². The van der Waals surface area contributed by atoms with E-state index in [0.29, 0.717) is 17.8 Å². The van der Waals surface area contributed by atoms with Crippen LogP contribution in [0.2, 0.25) is 0 Å². The molecule has 6 heteroatoms. The summed E-state index contributed by atoms with van der Waals surface area (Å²) in [6, 6.07) is 14.9. The molecule has 0 radical (unpaired) electrons. The zero-order valence-corrected chi connectivity index (χ0v) is 14.7. The summed E-state index contributed by atoms with van der Waals surface area (Å²) in [5, 5.41) is 5.72. The summed E-state index contributed by atoms with van der Waals surface area (Å²) in [6.45, 7) is 0.551. The average molecular weight is 350 g/mol. The van der Waals surface area contributed by atoms with Crippen LogP contribution in [0.5, 0.6) is 5.75 Å². The van der Waals surface area contributed by atoms with E-state index >= 15 is 0 Å². The van der Waals surface area contributed by atoms with Crippen LogP contribution < -0.4 is 21.1 Å². The number of nitrogens with zero attached hydrogens (tertiary/aromatic N) is 1. The molecule has 0 heterocycles. The van der Waals surface area contributed by atoms with Gasteiger partial charge < -0.3 is 21.1 Å². The molecule has 0 spiro atoms. The lowest BCUT2D eigenvalue weighted by molar-refractivity contribution is -0.114. The molecule has 0 bridgehead atoms. The molecule has 134 valence electrons. The van der Waals surface area contributed by atoms with E-state index in [9.17, 15) is 4.79 Å². The second kappa shape index (κ2) is 9.74. The number of amides is 1. The molecule has 1 amide bonds. The largest absolute Gasteiger partial charge is 0.497 e. The summed E-state index contributed by atoms with van der Waals surface area (Å²) in [7, 11) is 1.63. The first-order valence-corrected chi connectivity index (χ1v) is 8.14. The summed E-state index contributed by atoms with van der Waals surface area (Å²) in [5.41, 5.74) is 8.26. The highest BCUT2D eigenvalue weighted by Crippen LogP contribution is 2.11. The molecule has 2 aromatic rings. The van der Waals surface area contributed by atoms with Gasteiger partial charge in [0.15, 0.2) is 5.96 Å². The Labute approximate surface area is 153 Å². The van der Waals surface area contributed by atoms with Gasteiger partial charge in [0, 0.05) is 17.8 Å². The highest BCUT2D eigenvalue weighted by Gasteiger charge is 2.02. The van der Waals surface area contributed by atoms with E-state index in [1.165, 1.54) is 0 Å². The van der Waals surface area contributed by atoms with Gasteiger partial charge in [-0.05, 0) is 42.3 Å². The molecule has 0 saturated carbocycles. The van der Waals surface area contributed by atoms with Crippen LogP contribution in [0.15, 0.2) is 53.5 Å². The maximum Gasteiger partial charge on any atom is 0.246 e. The number of benzene rings is 2. The molecule has 0 aromatic heterocycles. The number of carbonyl (C=O) groups is 1. The number of carbonyl (C=O) groups excluding carboxylic acids is 1. The normalized spacial score (nSPS) is 10.7. The fraction of sp³-hybridized carbons (Fsp3) is 0.200. The van der Waals surface area contributed by atoms with E-state index in [1.807, 2.05) is 24.3 Å². The lowest BCUT2D eigenvalue weighted by Crippen LogP contribution is -2.34. The number of nitrogens with one attached hydrogen (secondary N) is 2. The van der Waals surface area contributed by atoms with Gasteiger partial charge in [-0.15, -0.1) is 6.42 Å². The van der Waals surface area contributed by atoms with Gasteiger partial charge in [-0.3, -0.25) is 4.79 Å². The minimum atomic E-state index is -0.265. The Morgan fingerprint density at radius 2 is 2.04 bits per heavy atom. The molecule has 2 aromatic carbocycles. The standard InChI is InChI=1S/C20H22N4O2/c1-3-15-5-4-6-17(13-15)24-19(25)14-23-20(21)22-12-11-16-7-9-18(26-2)10-8-16/h1,4-10,13H,11-12,14H2,2H3,(H,24,25)(H3,21,22,23). The summed E-state index contributed by atoms with van der Waals surface area (Å²) in [4.78, 5) is 15.9.